The molecule has 194 valence electrons. The lowest BCUT2D eigenvalue weighted by atomic mass is 9.63. The number of aromatic nitrogens is 2. The average molecular weight is 534 g/mol. The maximum absolute atomic E-state index is 14.0. The van der Waals surface area contributed by atoms with Crippen molar-refractivity contribution in [1.82, 2.24) is 9.55 Å². The molecule has 0 atom stereocenters. The highest BCUT2D eigenvalue weighted by molar-refractivity contribution is 7.13. The number of benzene rings is 2. The third kappa shape index (κ3) is 4.51. The van der Waals surface area contributed by atoms with Crippen molar-refractivity contribution >= 4 is 28.3 Å². The number of thiophene rings is 1. The van der Waals surface area contributed by atoms with Gasteiger partial charge in [0, 0.05) is 10.4 Å². The highest BCUT2D eigenvalue weighted by atomic mass is 35.5. The number of fused-ring (bicyclic) bond motifs is 1. The molecule has 0 radical (unpaired) electrons. The summed E-state index contributed by atoms with van der Waals surface area (Å²) >= 11 is 1.74. The van der Waals surface area contributed by atoms with E-state index in [0.29, 0.717) is 0 Å². The van der Waals surface area contributed by atoms with Crippen LogP contribution in [0.15, 0.2) is 66.0 Å². The first kappa shape index (κ1) is 26.0. The zero-order valence-corrected chi connectivity index (χ0v) is 22.8. The normalized spacial score (nSPS) is 17.5. The van der Waals surface area contributed by atoms with Gasteiger partial charge in [0.2, 0.25) is 5.91 Å². The van der Waals surface area contributed by atoms with Crippen molar-refractivity contribution in [2.24, 2.45) is 17.6 Å². The van der Waals surface area contributed by atoms with Gasteiger partial charge in [0.05, 0.1) is 11.0 Å². The molecule has 2 heterocycles. The average Bonchev–Trinajstić information content (AvgIpc) is 3.60. The zero-order chi connectivity index (χ0) is 24.5. The highest BCUT2D eigenvalue weighted by Crippen LogP contribution is 2.50. The molecule has 2 aliphatic rings. The molecule has 0 spiro atoms. The molecule has 0 saturated heterocycles. The van der Waals surface area contributed by atoms with Gasteiger partial charge in [-0.05, 0) is 72.7 Å². The summed E-state index contributed by atoms with van der Waals surface area (Å²) in [7, 11) is 0. The van der Waals surface area contributed by atoms with Crippen LogP contribution in [0.4, 0.5) is 0 Å². The number of rotatable bonds is 6. The lowest BCUT2D eigenvalue weighted by molar-refractivity contribution is -0.135. The molecule has 1 amide bonds. The summed E-state index contributed by atoms with van der Waals surface area (Å²) in [6.07, 6.45) is 11.4. The summed E-state index contributed by atoms with van der Waals surface area (Å²) < 4.78 is 2.32. The number of hydrogen-bond donors (Lipinski definition) is 1. The predicted octanol–water partition coefficient (Wildman–Crippen LogP) is 4.89. The van der Waals surface area contributed by atoms with Crippen molar-refractivity contribution in [3.05, 3.63) is 66.0 Å². The number of nitrogens with two attached hydrogens (primary N) is 1. The topological polar surface area (TPSA) is 60.9 Å². The Morgan fingerprint density at radius 3 is 2.14 bits per heavy atom. The summed E-state index contributed by atoms with van der Waals surface area (Å²) in [5.41, 5.74) is 10.0. The van der Waals surface area contributed by atoms with E-state index in [9.17, 15) is 4.79 Å². The van der Waals surface area contributed by atoms with Crippen LogP contribution in [0.2, 0.25) is 0 Å². The Morgan fingerprint density at radius 2 is 1.51 bits per heavy atom. The maximum Gasteiger partial charge on any atom is 1.00 e. The van der Waals surface area contributed by atoms with Gasteiger partial charge >= 0.3 is 1.43 Å². The Bertz CT molecular complexity index is 1340. The van der Waals surface area contributed by atoms with Crippen molar-refractivity contribution in [3.63, 3.8) is 0 Å². The quantitative estimate of drug-likeness (QED) is 0.383. The molecular formula is C31H36ClN3OS. The molecule has 2 fully saturated rings. The summed E-state index contributed by atoms with van der Waals surface area (Å²) in [5.74, 6) is 1.19. The van der Waals surface area contributed by atoms with E-state index >= 15 is 0 Å². The first-order valence-electron chi connectivity index (χ1n) is 13.6. The Balaban J connectivity index is 0.00000168. The molecule has 2 aromatic carbocycles. The van der Waals surface area contributed by atoms with Gasteiger partial charge in [-0.3, -0.25) is 4.79 Å². The molecule has 0 bridgehead atoms. The largest absolute Gasteiger partial charge is 1.00 e. The van der Waals surface area contributed by atoms with Crippen LogP contribution in [0.5, 0.6) is 0 Å². The number of nitrogens with zero attached hydrogens (tertiary/aromatic N) is 2. The molecule has 0 aliphatic heterocycles. The molecule has 37 heavy (non-hydrogen) atoms. The first-order valence-corrected chi connectivity index (χ1v) is 14.5. The molecule has 2 N–H and O–H groups in total. The Hall–Kier alpha value is -2.63. The number of carbonyl (C=O) groups excluding carboxylic acids is 1. The summed E-state index contributed by atoms with van der Waals surface area (Å²) in [4.78, 5) is 20.4. The molecule has 6 rings (SSSR count). The van der Waals surface area contributed by atoms with Crippen molar-refractivity contribution in [2.75, 3.05) is 0 Å². The number of primary amides is 1. The molecule has 2 aromatic heterocycles. The molecule has 2 saturated carbocycles. The monoisotopic (exact) mass is 533 g/mol. The standard InChI is InChI=1S/C31H35N3OS.ClH/c32-30(35)31(24-13-3-1-4-14-24,25-15-5-2-6-16-25)34-27-18-8-7-17-26(27)33-29(34)23-12-9-11-22(21-23)28-19-10-20-36-28;/h7-12,17-21,24-25H,1-6,13-16H2,(H2,32,35);1H. The summed E-state index contributed by atoms with van der Waals surface area (Å²) in [6.45, 7) is 0. The molecule has 4 aromatic rings. The van der Waals surface area contributed by atoms with Crippen molar-refractivity contribution in [2.45, 2.75) is 69.7 Å². The third-order valence-corrected chi connectivity index (χ3v) is 9.63. The van der Waals surface area contributed by atoms with Crippen LogP contribution in [-0.2, 0) is 10.3 Å². The van der Waals surface area contributed by atoms with Crippen LogP contribution in [0.1, 0.15) is 65.6 Å². The van der Waals surface area contributed by atoms with Crippen LogP contribution in [0, 0.1) is 11.8 Å². The second-order valence-electron chi connectivity index (χ2n) is 10.7. The molecule has 6 heteroatoms. The fourth-order valence-corrected chi connectivity index (χ4v) is 7.87. The van der Waals surface area contributed by atoms with E-state index < -0.39 is 5.54 Å². The zero-order valence-electron chi connectivity index (χ0n) is 22.2. The molecule has 4 nitrogen and oxygen atoms in total. The number of hydrogen-bond acceptors (Lipinski definition) is 3. The molecular weight excluding hydrogens is 498 g/mol. The number of amides is 1. The van der Waals surface area contributed by atoms with E-state index in [-0.39, 0.29) is 31.6 Å². The number of para-hydroxylation sites is 2. The molecule has 2 aliphatic carbocycles. The smallest absolute Gasteiger partial charge is 1.00 e. The van der Waals surface area contributed by atoms with E-state index in [1.165, 1.54) is 49.0 Å². The van der Waals surface area contributed by atoms with Crippen LogP contribution in [0.3, 0.4) is 0 Å². The van der Waals surface area contributed by atoms with Gasteiger partial charge in [0.15, 0.2) is 0 Å². The van der Waals surface area contributed by atoms with Crippen LogP contribution >= 0.6 is 11.3 Å². The van der Waals surface area contributed by atoms with E-state index in [2.05, 4.69) is 64.5 Å². The van der Waals surface area contributed by atoms with Crippen LogP contribution in [0.25, 0.3) is 32.9 Å². The summed E-state index contributed by atoms with van der Waals surface area (Å²) in [6, 6.07) is 21.2. The Morgan fingerprint density at radius 1 is 0.865 bits per heavy atom. The van der Waals surface area contributed by atoms with E-state index in [1.54, 1.807) is 11.3 Å². The third-order valence-electron chi connectivity index (χ3n) is 8.71. The summed E-state index contributed by atoms with van der Waals surface area (Å²) in [5, 5.41) is 2.11. The highest BCUT2D eigenvalue weighted by Gasteiger charge is 2.53. The van der Waals surface area contributed by atoms with E-state index in [0.717, 1.165) is 48.1 Å². The fraction of sp³-hybridized carbons (Fsp3) is 0.419. The van der Waals surface area contributed by atoms with Gasteiger partial charge in [0.25, 0.3) is 0 Å². The van der Waals surface area contributed by atoms with Crippen LogP contribution < -0.4 is 18.1 Å². The minimum Gasteiger partial charge on any atom is -1.00 e. The minimum absolute atomic E-state index is 0. The van der Waals surface area contributed by atoms with Crippen LogP contribution in [-0.4, -0.2) is 15.5 Å². The first-order chi connectivity index (χ1) is 17.7. The van der Waals surface area contributed by atoms with Gasteiger partial charge < -0.3 is 22.7 Å². The lowest BCUT2D eigenvalue weighted by Crippen LogP contribution is -3.00. The Kier molecular flexibility index (Phi) is 7.73. The van der Waals surface area contributed by atoms with Gasteiger partial charge in [-0.15, -0.1) is 11.3 Å². The molecule has 0 unspecified atom stereocenters. The minimum atomic E-state index is -0.759. The number of carbonyl (C=O) groups is 1. The number of halogens is 1. The SMILES string of the molecule is NC(=O)C(C1CCCCC1)(C1CCCCC1)n1c(-c2cccc(-c3cccs3)c2)nc2ccccc21.[Cl-].[H+]. The van der Waals surface area contributed by atoms with Gasteiger partial charge in [-0.2, -0.15) is 0 Å². The van der Waals surface area contributed by atoms with E-state index in [1.807, 2.05) is 6.07 Å². The fourth-order valence-electron chi connectivity index (χ4n) is 7.14. The van der Waals surface area contributed by atoms with Crippen molar-refractivity contribution in [1.29, 1.82) is 0 Å². The second kappa shape index (κ2) is 11.0. The number of imidazole rings is 1. The Labute approximate surface area is 231 Å². The predicted molar refractivity (Wildman–Crippen MR) is 150 cm³/mol. The van der Waals surface area contributed by atoms with E-state index in [4.69, 9.17) is 10.7 Å². The van der Waals surface area contributed by atoms with Gasteiger partial charge in [-0.25, -0.2) is 4.98 Å². The van der Waals surface area contributed by atoms with Gasteiger partial charge in [-0.1, -0.05) is 74.9 Å². The van der Waals surface area contributed by atoms with Gasteiger partial charge in [0.1, 0.15) is 11.4 Å². The second-order valence-corrected chi connectivity index (χ2v) is 11.6. The maximum atomic E-state index is 14.0. The lowest BCUT2D eigenvalue weighted by Gasteiger charge is -2.48. The van der Waals surface area contributed by atoms with Crippen molar-refractivity contribution in [3.8, 4) is 21.8 Å². The van der Waals surface area contributed by atoms with Crippen molar-refractivity contribution < 1.29 is 18.6 Å².